The van der Waals surface area contributed by atoms with Crippen LogP contribution in [-0.2, 0) is 0 Å². The van der Waals surface area contributed by atoms with Gasteiger partial charge >= 0.3 is 0 Å². The van der Waals surface area contributed by atoms with E-state index in [9.17, 15) is 4.79 Å². The lowest BCUT2D eigenvalue weighted by molar-refractivity contribution is 0.0848. The van der Waals surface area contributed by atoms with Crippen LogP contribution in [0.4, 0.5) is 0 Å². The summed E-state index contributed by atoms with van der Waals surface area (Å²) < 4.78 is 11.2. The third-order valence-electron chi connectivity index (χ3n) is 3.90. The highest BCUT2D eigenvalue weighted by Gasteiger charge is 2.28. The van der Waals surface area contributed by atoms with Crippen LogP contribution < -0.4 is 9.47 Å². The minimum Gasteiger partial charge on any atom is -0.497 e. The number of hydrogen-bond donors (Lipinski definition) is 0. The van der Waals surface area contributed by atoms with Crippen molar-refractivity contribution in [3.63, 3.8) is 0 Å². The Morgan fingerprint density at radius 2 is 1.95 bits per heavy atom. The van der Waals surface area contributed by atoms with Crippen molar-refractivity contribution in [1.82, 2.24) is 0 Å². The minimum atomic E-state index is -0.209. The SMILES string of the molecule is COc1ccc2c(c1)C(=O)CC(c1ccc(C)cc1C)O2. The highest BCUT2D eigenvalue weighted by Crippen LogP contribution is 2.37. The van der Waals surface area contributed by atoms with Crippen LogP contribution >= 0.6 is 0 Å². The normalized spacial score (nSPS) is 17.1. The summed E-state index contributed by atoms with van der Waals surface area (Å²) in [4.78, 5) is 12.4. The Kier molecular flexibility index (Phi) is 3.42. The number of ether oxygens (including phenoxy) is 2. The van der Waals surface area contributed by atoms with E-state index >= 15 is 0 Å². The van der Waals surface area contributed by atoms with E-state index in [2.05, 4.69) is 32.0 Å². The molecular weight excluding hydrogens is 264 g/mol. The molecule has 0 spiro atoms. The van der Waals surface area contributed by atoms with Gasteiger partial charge in [-0.2, -0.15) is 0 Å². The minimum absolute atomic E-state index is 0.0973. The van der Waals surface area contributed by atoms with E-state index in [-0.39, 0.29) is 11.9 Å². The lowest BCUT2D eigenvalue weighted by Gasteiger charge is -2.27. The maximum atomic E-state index is 12.4. The molecule has 2 aromatic rings. The topological polar surface area (TPSA) is 35.5 Å². The van der Waals surface area contributed by atoms with Crippen LogP contribution in [-0.4, -0.2) is 12.9 Å². The molecule has 1 aliphatic heterocycles. The van der Waals surface area contributed by atoms with Gasteiger partial charge in [0.1, 0.15) is 17.6 Å². The molecule has 0 radical (unpaired) electrons. The first-order chi connectivity index (χ1) is 10.1. The summed E-state index contributed by atoms with van der Waals surface area (Å²) in [5.74, 6) is 1.41. The Balaban J connectivity index is 1.96. The molecule has 3 rings (SSSR count). The summed E-state index contributed by atoms with van der Waals surface area (Å²) in [7, 11) is 1.59. The van der Waals surface area contributed by atoms with Crippen molar-refractivity contribution in [1.29, 1.82) is 0 Å². The quantitative estimate of drug-likeness (QED) is 0.834. The molecule has 21 heavy (non-hydrogen) atoms. The summed E-state index contributed by atoms with van der Waals surface area (Å²) in [6.45, 7) is 4.12. The van der Waals surface area contributed by atoms with E-state index in [1.54, 1.807) is 13.2 Å². The first-order valence-electron chi connectivity index (χ1n) is 7.03. The van der Waals surface area contributed by atoms with Gasteiger partial charge in [0, 0.05) is 0 Å². The molecule has 1 aliphatic rings. The van der Waals surface area contributed by atoms with Gasteiger partial charge in [-0.15, -0.1) is 0 Å². The lowest BCUT2D eigenvalue weighted by Crippen LogP contribution is -2.21. The van der Waals surface area contributed by atoms with Crippen LogP contribution in [0.3, 0.4) is 0 Å². The van der Waals surface area contributed by atoms with Crippen molar-refractivity contribution in [2.75, 3.05) is 7.11 Å². The molecule has 0 amide bonds. The van der Waals surface area contributed by atoms with Crippen LogP contribution in [0.25, 0.3) is 0 Å². The predicted octanol–water partition coefficient (Wildman–Crippen LogP) is 4.02. The number of carbonyl (C=O) groups is 1. The van der Waals surface area contributed by atoms with Gasteiger partial charge in [-0.05, 0) is 43.2 Å². The molecule has 1 heterocycles. The molecule has 1 atom stereocenters. The second kappa shape index (κ2) is 5.24. The second-order valence-electron chi connectivity index (χ2n) is 5.46. The molecule has 0 aliphatic carbocycles. The van der Waals surface area contributed by atoms with Crippen molar-refractivity contribution in [3.8, 4) is 11.5 Å². The maximum Gasteiger partial charge on any atom is 0.170 e. The molecular formula is C18H18O3. The van der Waals surface area contributed by atoms with Crippen LogP contribution in [0, 0.1) is 13.8 Å². The zero-order valence-corrected chi connectivity index (χ0v) is 12.5. The van der Waals surface area contributed by atoms with Crippen molar-refractivity contribution < 1.29 is 14.3 Å². The van der Waals surface area contributed by atoms with Gasteiger partial charge in [0.2, 0.25) is 0 Å². The summed E-state index contributed by atoms with van der Waals surface area (Å²) in [5, 5.41) is 0. The molecule has 108 valence electrons. The molecule has 3 heteroatoms. The molecule has 0 N–H and O–H groups in total. The van der Waals surface area contributed by atoms with Crippen LogP contribution in [0.2, 0.25) is 0 Å². The number of benzene rings is 2. The second-order valence-corrected chi connectivity index (χ2v) is 5.46. The molecule has 0 saturated heterocycles. The molecule has 2 aromatic carbocycles. The first kappa shape index (κ1) is 13.7. The van der Waals surface area contributed by atoms with Gasteiger partial charge in [0.25, 0.3) is 0 Å². The van der Waals surface area contributed by atoms with Gasteiger partial charge in [0.05, 0.1) is 19.1 Å². The number of Topliss-reactive ketones (excluding diaryl/α,β-unsaturated/α-hetero) is 1. The number of fused-ring (bicyclic) bond motifs is 1. The third kappa shape index (κ3) is 2.51. The van der Waals surface area contributed by atoms with Crippen LogP contribution in [0.1, 0.15) is 39.6 Å². The average Bonchev–Trinajstić information content (AvgIpc) is 2.47. The third-order valence-corrected chi connectivity index (χ3v) is 3.90. The Hall–Kier alpha value is -2.29. The lowest BCUT2D eigenvalue weighted by atomic mass is 9.93. The number of rotatable bonds is 2. The average molecular weight is 282 g/mol. The summed E-state index contributed by atoms with van der Waals surface area (Å²) in [6, 6.07) is 11.6. The van der Waals surface area contributed by atoms with Crippen molar-refractivity contribution >= 4 is 5.78 Å². The summed E-state index contributed by atoms with van der Waals surface area (Å²) in [6.07, 6.45) is 0.156. The highest BCUT2D eigenvalue weighted by molar-refractivity contribution is 6.00. The van der Waals surface area contributed by atoms with E-state index in [0.29, 0.717) is 23.5 Å². The zero-order valence-electron chi connectivity index (χ0n) is 12.5. The fraction of sp³-hybridized carbons (Fsp3) is 0.278. The smallest absolute Gasteiger partial charge is 0.170 e. The fourth-order valence-corrected chi connectivity index (χ4v) is 2.79. The van der Waals surface area contributed by atoms with Gasteiger partial charge in [0.15, 0.2) is 5.78 Å². The van der Waals surface area contributed by atoms with Gasteiger partial charge < -0.3 is 9.47 Å². The largest absolute Gasteiger partial charge is 0.497 e. The maximum absolute atomic E-state index is 12.4. The van der Waals surface area contributed by atoms with E-state index in [0.717, 1.165) is 11.1 Å². The fourth-order valence-electron chi connectivity index (χ4n) is 2.79. The summed E-state index contributed by atoms with van der Waals surface area (Å²) >= 11 is 0. The van der Waals surface area contributed by atoms with Crippen molar-refractivity contribution in [2.24, 2.45) is 0 Å². The molecule has 3 nitrogen and oxygen atoms in total. The zero-order chi connectivity index (χ0) is 15.0. The molecule has 0 aromatic heterocycles. The van der Waals surface area contributed by atoms with Gasteiger partial charge in [-0.25, -0.2) is 0 Å². The van der Waals surface area contributed by atoms with Gasteiger partial charge in [-0.3, -0.25) is 4.79 Å². The predicted molar refractivity (Wildman–Crippen MR) is 81.2 cm³/mol. The molecule has 0 fully saturated rings. The van der Waals surface area contributed by atoms with E-state index < -0.39 is 0 Å². The highest BCUT2D eigenvalue weighted by atomic mass is 16.5. The number of hydrogen-bond acceptors (Lipinski definition) is 3. The summed E-state index contributed by atoms with van der Waals surface area (Å²) in [5.41, 5.74) is 4.05. The van der Waals surface area contributed by atoms with E-state index in [1.165, 1.54) is 5.56 Å². The Morgan fingerprint density at radius 3 is 2.67 bits per heavy atom. The monoisotopic (exact) mass is 282 g/mol. The molecule has 0 bridgehead atoms. The first-order valence-corrected chi connectivity index (χ1v) is 7.03. The Labute approximate surface area is 124 Å². The van der Waals surface area contributed by atoms with Crippen molar-refractivity contribution in [2.45, 2.75) is 26.4 Å². The van der Waals surface area contributed by atoms with Crippen molar-refractivity contribution in [3.05, 3.63) is 58.7 Å². The van der Waals surface area contributed by atoms with Crippen LogP contribution in [0.5, 0.6) is 11.5 Å². The number of carbonyl (C=O) groups excluding carboxylic acids is 1. The van der Waals surface area contributed by atoms with Gasteiger partial charge in [-0.1, -0.05) is 23.8 Å². The van der Waals surface area contributed by atoms with E-state index in [4.69, 9.17) is 9.47 Å². The standard InChI is InChI=1S/C18H18O3/c1-11-4-6-14(12(2)8-11)18-10-16(19)15-9-13(20-3)5-7-17(15)21-18/h4-9,18H,10H2,1-3H3. The molecule has 0 saturated carbocycles. The van der Waals surface area contributed by atoms with Crippen LogP contribution in [0.15, 0.2) is 36.4 Å². The number of methoxy groups -OCH3 is 1. The number of aryl methyl sites for hydroxylation is 2. The number of ketones is 1. The molecule has 1 unspecified atom stereocenters. The Morgan fingerprint density at radius 1 is 1.14 bits per heavy atom. The Bertz CT molecular complexity index is 704. The van der Waals surface area contributed by atoms with E-state index in [1.807, 2.05) is 12.1 Å².